The molecule has 2 aromatic carbocycles. The van der Waals surface area contributed by atoms with Gasteiger partial charge in [-0.3, -0.25) is 0 Å². The summed E-state index contributed by atoms with van der Waals surface area (Å²) in [5.41, 5.74) is 2.53. The molecule has 1 atom stereocenters. The van der Waals surface area contributed by atoms with Gasteiger partial charge in [-0.15, -0.1) is 24.0 Å². The molecular formula is C22H31IN4O2. The number of hydrogen-bond donors (Lipinski definition) is 2. The fourth-order valence-corrected chi connectivity index (χ4v) is 3.09. The molecule has 0 radical (unpaired) electrons. The zero-order valence-corrected chi connectivity index (χ0v) is 19.7. The van der Waals surface area contributed by atoms with Gasteiger partial charge in [-0.05, 0) is 44.3 Å². The SMILES string of the molecule is CCNC(=NCc1ccccc1CN(C)C)NCC1COc2ccccc2O1.I. The van der Waals surface area contributed by atoms with Gasteiger partial charge in [-0.2, -0.15) is 0 Å². The highest BCUT2D eigenvalue weighted by Crippen LogP contribution is 2.30. The molecule has 1 heterocycles. The van der Waals surface area contributed by atoms with Crippen LogP contribution in [0.25, 0.3) is 0 Å². The third-order valence-electron chi connectivity index (χ3n) is 4.42. The van der Waals surface area contributed by atoms with Crippen LogP contribution in [0.4, 0.5) is 0 Å². The quantitative estimate of drug-likeness (QED) is 0.340. The Balaban J connectivity index is 0.00000300. The topological polar surface area (TPSA) is 58.1 Å². The maximum absolute atomic E-state index is 6.01. The van der Waals surface area contributed by atoms with Crippen LogP contribution in [0.3, 0.4) is 0 Å². The van der Waals surface area contributed by atoms with Gasteiger partial charge in [0.2, 0.25) is 0 Å². The van der Waals surface area contributed by atoms with E-state index in [1.54, 1.807) is 0 Å². The lowest BCUT2D eigenvalue weighted by Crippen LogP contribution is -2.45. The third-order valence-corrected chi connectivity index (χ3v) is 4.42. The number of para-hydroxylation sites is 2. The Hall–Kier alpha value is -2.00. The van der Waals surface area contributed by atoms with Crippen LogP contribution in [-0.4, -0.2) is 50.8 Å². The van der Waals surface area contributed by atoms with Crippen LogP contribution in [0.15, 0.2) is 53.5 Å². The molecule has 2 N–H and O–H groups in total. The number of guanidine groups is 1. The molecule has 0 fully saturated rings. The second-order valence-electron chi connectivity index (χ2n) is 7.08. The predicted molar refractivity (Wildman–Crippen MR) is 128 cm³/mol. The van der Waals surface area contributed by atoms with E-state index in [-0.39, 0.29) is 30.1 Å². The number of fused-ring (bicyclic) bond motifs is 1. The van der Waals surface area contributed by atoms with Crippen LogP contribution in [0.2, 0.25) is 0 Å². The molecule has 2 aromatic rings. The van der Waals surface area contributed by atoms with Crippen LogP contribution in [-0.2, 0) is 13.1 Å². The minimum absolute atomic E-state index is 0. The number of rotatable bonds is 7. The summed E-state index contributed by atoms with van der Waals surface area (Å²) in [5, 5.41) is 6.68. The van der Waals surface area contributed by atoms with Gasteiger partial charge in [-0.1, -0.05) is 36.4 Å². The van der Waals surface area contributed by atoms with Crippen LogP contribution in [0, 0.1) is 0 Å². The molecule has 1 aliphatic heterocycles. The van der Waals surface area contributed by atoms with E-state index in [1.165, 1.54) is 11.1 Å². The van der Waals surface area contributed by atoms with Gasteiger partial charge in [0, 0.05) is 13.1 Å². The lowest BCUT2D eigenvalue weighted by atomic mass is 10.1. The summed E-state index contributed by atoms with van der Waals surface area (Å²) in [4.78, 5) is 6.93. The zero-order valence-electron chi connectivity index (χ0n) is 17.4. The van der Waals surface area contributed by atoms with Gasteiger partial charge in [0.15, 0.2) is 17.5 Å². The number of hydrogen-bond acceptors (Lipinski definition) is 4. The Bertz CT molecular complexity index is 798. The number of benzene rings is 2. The molecular weight excluding hydrogens is 479 g/mol. The van der Waals surface area contributed by atoms with Crippen molar-refractivity contribution in [1.29, 1.82) is 0 Å². The van der Waals surface area contributed by atoms with E-state index in [0.29, 0.717) is 19.7 Å². The molecule has 7 heteroatoms. The van der Waals surface area contributed by atoms with Crippen molar-refractivity contribution in [1.82, 2.24) is 15.5 Å². The molecule has 0 amide bonds. The molecule has 0 aliphatic carbocycles. The number of nitrogens with zero attached hydrogens (tertiary/aromatic N) is 2. The van der Waals surface area contributed by atoms with Crippen molar-refractivity contribution in [2.75, 3.05) is 33.8 Å². The highest BCUT2D eigenvalue weighted by Gasteiger charge is 2.20. The lowest BCUT2D eigenvalue weighted by Gasteiger charge is -2.27. The van der Waals surface area contributed by atoms with E-state index in [0.717, 1.165) is 30.5 Å². The van der Waals surface area contributed by atoms with Gasteiger partial charge in [0.1, 0.15) is 12.7 Å². The Morgan fingerprint density at radius 2 is 1.72 bits per heavy atom. The third kappa shape index (κ3) is 7.08. The molecule has 0 bridgehead atoms. The average Bonchev–Trinajstić information content (AvgIpc) is 2.70. The van der Waals surface area contributed by atoms with Crippen LogP contribution < -0.4 is 20.1 Å². The first-order valence-electron chi connectivity index (χ1n) is 9.78. The van der Waals surface area contributed by atoms with Crippen LogP contribution in [0.5, 0.6) is 11.5 Å². The predicted octanol–water partition coefficient (Wildman–Crippen LogP) is 3.26. The van der Waals surface area contributed by atoms with Crippen molar-refractivity contribution < 1.29 is 9.47 Å². The first kappa shape index (κ1) is 23.3. The summed E-state index contributed by atoms with van der Waals surface area (Å²) >= 11 is 0. The second-order valence-corrected chi connectivity index (χ2v) is 7.08. The van der Waals surface area contributed by atoms with Gasteiger partial charge < -0.3 is 25.0 Å². The molecule has 0 saturated heterocycles. The fourth-order valence-electron chi connectivity index (χ4n) is 3.09. The van der Waals surface area contributed by atoms with Gasteiger partial charge >= 0.3 is 0 Å². The number of ether oxygens (including phenoxy) is 2. The van der Waals surface area contributed by atoms with Crippen molar-refractivity contribution in [3.8, 4) is 11.5 Å². The number of aliphatic imine (C=N–C) groups is 1. The maximum atomic E-state index is 6.01. The molecule has 1 aliphatic rings. The smallest absolute Gasteiger partial charge is 0.191 e. The summed E-state index contributed by atoms with van der Waals surface area (Å²) in [6.45, 7) is 5.55. The van der Waals surface area contributed by atoms with E-state index < -0.39 is 0 Å². The first-order chi connectivity index (χ1) is 13.7. The van der Waals surface area contributed by atoms with Gasteiger partial charge in [-0.25, -0.2) is 4.99 Å². The Morgan fingerprint density at radius 3 is 2.45 bits per heavy atom. The molecule has 0 spiro atoms. The Kier molecular flexibility index (Phi) is 9.53. The largest absolute Gasteiger partial charge is 0.486 e. The Morgan fingerprint density at radius 1 is 1.03 bits per heavy atom. The van der Waals surface area contributed by atoms with Crippen molar-refractivity contribution in [2.24, 2.45) is 4.99 Å². The van der Waals surface area contributed by atoms with E-state index in [1.807, 2.05) is 24.3 Å². The van der Waals surface area contributed by atoms with E-state index >= 15 is 0 Å². The summed E-state index contributed by atoms with van der Waals surface area (Å²) in [6.07, 6.45) is -0.0558. The maximum Gasteiger partial charge on any atom is 0.191 e. The fraction of sp³-hybridized carbons (Fsp3) is 0.409. The molecule has 158 valence electrons. The molecule has 29 heavy (non-hydrogen) atoms. The van der Waals surface area contributed by atoms with Crippen molar-refractivity contribution in [3.05, 3.63) is 59.7 Å². The molecule has 3 rings (SSSR count). The summed E-state index contributed by atoms with van der Waals surface area (Å²) in [5.74, 6) is 2.38. The van der Waals surface area contributed by atoms with E-state index in [4.69, 9.17) is 14.5 Å². The zero-order chi connectivity index (χ0) is 19.8. The number of nitrogens with one attached hydrogen (secondary N) is 2. The summed E-state index contributed by atoms with van der Waals surface area (Å²) in [6, 6.07) is 16.2. The highest BCUT2D eigenvalue weighted by molar-refractivity contribution is 14.0. The van der Waals surface area contributed by atoms with E-state index in [9.17, 15) is 0 Å². The van der Waals surface area contributed by atoms with Crippen molar-refractivity contribution in [3.63, 3.8) is 0 Å². The minimum atomic E-state index is -0.0558. The average molecular weight is 510 g/mol. The lowest BCUT2D eigenvalue weighted by molar-refractivity contribution is 0.0936. The molecule has 0 saturated carbocycles. The Labute approximate surface area is 190 Å². The standard InChI is InChI=1S/C22H30N4O2.HI/c1-4-23-22(24-13-17-9-5-6-10-18(17)15-26(2)3)25-14-19-16-27-20-11-7-8-12-21(20)28-19;/h5-12,19H,4,13-16H2,1-3H3,(H2,23,24,25);1H. The number of halogens is 1. The van der Waals surface area contributed by atoms with Crippen LogP contribution in [0.1, 0.15) is 18.1 Å². The minimum Gasteiger partial charge on any atom is -0.486 e. The normalized spacial score (nSPS) is 15.6. The second kappa shape index (κ2) is 11.9. The van der Waals surface area contributed by atoms with Gasteiger partial charge in [0.05, 0.1) is 13.1 Å². The molecule has 6 nitrogen and oxygen atoms in total. The molecule has 1 unspecified atom stereocenters. The van der Waals surface area contributed by atoms with Crippen LogP contribution >= 0.6 is 24.0 Å². The van der Waals surface area contributed by atoms with Crippen molar-refractivity contribution >= 4 is 29.9 Å². The summed E-state index contributed by atoms with van der Waals surface area (Å²) in [7, 11) is 4.16. The first-order valence-corrected chi connectivity index (χ1v) is 9.78. The highest BCUT2D eigenvalue weighted by atomic mass is 127. The summed E-state index contributed by atoms with van der Waals surface area (Å²) < 4.78 is 11.8. The monoisotopic (exact) mass is 510 g/mol. The van der Waals surface area contributed by atoms with Crippen molar-refractivity contribution in [2.45, 2.75) is 26.1 Å². The van der Waals surface area contributed by atoms with Gasteiger partial charge in [0.25, 0.3) is 0 Å². The van der Waals surface area contributed by atoms with E-state index in [2.05, 4.69) is 60.8 Å². The molecule has 0 aromatic heterocycles.